The van der Waals surface area contributed by atoms with Gasteiger partial charge in [0.2, 0.25) is 5.41 Å². The molecule has 0 aliphatic carbocycles. The summed E-state index contributed by atoms with van der Waals surface area (Å²) in [5.41, 5.74) is -9.96. The van der Waals surface area contributed by atoms with Crippen LogP contribution < -0.4 is 0 Å². The lowest BCUT2D eigenvalue weighted by atomic mass is 9.69. The molecule has 0 spiro atoms. The zero-order chi connectivity index (χ0) is 23.7. The SMILES string of the molecule is O=C(O)c1cccc(C(C(=O)O)(C(=O)O)c2cccc(C(=O)O)c2C(=O)O)c1C(=O)O. The quantitative estimate of drug-likeness (QED) is 0.320. The minimum absolute atomic E-state index is 0.706. The summed E-state index contributed by atoms with van der Waals surface area (Å²) in [6, 6.07) is 4.75. The monoisotopic (exact) mass is 432 g/mol. The van der Waals surface area contributed by atoms with E-state index in [9.17, 15) is 59.4 Å². The minimum atomic E-state index is -3.47. The Labute approximate surface area is 171 Å². The second kappa shape index (κ2) is 7.94. The Morgan fingerprint density at radius 3 is 1.06 bits per heavy atom. The molecule has 0 unspecified atom stereocenters. The number of benzene rings is 2. The van der Waals surface area contributed by atoms with Crippen LogP contribution >= 0.6 is 0 Å². The van der Waals surface area contributed by atoms with E-state index in [4.69, 9.17) is 0 Å². The van der Waals surface area contributed by atoms with Gasteiger partial charge in [-0.1, -0.05) is 24.3 Å². The summed E-state index contributed by atoms with van der Waals surface area (Å²) < 4.78 is 0. The van der Waals surface area contributed by atoms with Crippen LogP contribution in [0, 0.1) is 0 Å². The number of carbonyl (C=O) groups is 6. The lowest BCUT2D eigenvalue weighted by Gasteiger charge is -2.29. The maximum absolute atomic E-state index is 12.3. The van der Waals surface area contributed by atoms with Crippen molar-refractivity contribution < 1.29 is 59.4 Å². The van der Waals surface area contributed by atoms with Crippen LogP contribution in [0.1, 0.15) is 52.6 Å². The molecule has 0 fully saturated rings. The zero-order valence-corrected chi connectivity index (χ0v) is 15.1. The van der Waals surface area contributed by atoms with Crippen molar-refractivity contribution in [3.05, 3.63) is 69.8 Å². The summed E-state index contributed by atoms with van der Waals surface area (Å²) in [7, 11) is 0. The van der Waals surface area contributed by atoms with E-state index in [1.165, 1.54) is 0 Å². The molecule has 0 saturated carbocycles. The molecule has 2 aromatic carbocycles. The fraction of sp³-hybridized carbons (Fsp3) is 0.0526. The molecule has 6 N–H and O–H groups in total. The van der Waals surface area contributed by atoms with Gasteiger partial charge in [-0.15, -0.1) is 0 Å². The van der Waals surface area contributed by atoms with Gasteiger partial charge in [0.1, 0.15) is 0 Å². The predicted octanol–water partition coefficient (Wildman–Crippen LogP) is 0.935. The Kier molecular flexibility index (Phi) is 5.78. The van der Waals surface area contributed by atoms with Crippen molar-refractivity contribution in [2.75, 3.05) is 0 Å². The number of carboxylic acid groups (broad SMARTS) is 6. The lowest BCUT2D eigenvalue weighted by molar-refractivity contribution is -0.155. The molecular weight excluding hydrogens is 420 g/mol. The second-order valence-electron chi connectivity index (χ2n) is 6.04. The maximum atomic E-state index is 12.3. The normalized spacial score (nSPS) is 10.8. The fourth-order valence-electron chi connectivity index (χ4n) is 3.24. The summed E-state index contributed by atoms with van der Waals surface area (Å²) >= 11 is 0. The molecule has 0 aliphatic heterocycles. The molecule has 12 heteroatoms. The van der Waals surface area contributed by atoms with Crippen molar-refractivity contribution in [2.45, 2.75) is 5.41 Å². The fourth-order valence-corrected chi connectivity index (χ4v) is 3.24. The Balaban J connectivity index is 3.23. The highest BCUT2D eigenvalue weighted by Crippen LogP contribution is 2.39. The minimum Gasteiger partial charge on any atom is -0.480 e. The van der Waals surface area contributed by atoms with Crippen molar-refractivity contribution in [1.82, 2.24) is 0 Å². The van der Waals surface area contributed by atoms with E-state index in [-0.39, 0.29) is 0 Å². The van der Waals surface area contributed by atoms with Crippen LogP contribution in [0.4, 0.5) is 0 Å². The molecule has 0 heterocycles. The van der Waals surface area contributed by atoms with Gasteiger partial charge in [0, 0.05) is 11.1 Å². The average molecular weight is 432 g/mol. The first kappa shape index (κ1) is 22.5. The van der Waals surface area contributed by atoms with E-state index in [1.54, 1.807) is 0 Å². The highest BCUT2D eigenvalue weighted by Gasteiger charge is 2.55. The first-order valence-electron chi connectivity index (χ1n) is 8.05. The Morgan fingerprint density at radius 2 is 0.839 bits per heavy atom. The van der Waals surface area contributed by atoms with Crippen molar-refractivity contribution in [1.29, 1.82) is 0 Å². The number of hydrogen-bond donors (Lipinski definition) is 6. The van der Waals surface area contributed by atoms with Crippen LogP contribution in [0.3, 0.4) is 0 Å². The molecule has 31 heavy (non-hydrogen) atoms. The van der Waals surface area contributed by atoms with Crippen LogP contribution in [0.15, 0.2) is 36.4 Å². The van der Waals surface area contributed by atoms with Crippen LogP contribution in [-0.2, 0) is 15.0 Å². The third-order valence-electron chi connectivity index (χ3n) is 4.47. The van der Waals surface area contributed by atoms with E-state index < -0.39 is 74.6 Å². The Hall–Kier alpha value is -4.74. The van der Waals surface area contributed by atoms with Gasteiger partial charge < -0.3 is 30.6 Å². The first-order chi connectivity index (χ1) is 14.4. The molecular formula is C19H12O12. The lowest BCUT2D eigenvalue weighted by Crippen LogP contribution is -2.47. The highest BCUT2D eigenvalue weighted by molar-refractivity contribution is 6.15. The molecule has 0 amide bonds. The third kappa shape index (κ3) is 3.42. The van der Waals surface area contributed by atoms with Gasteiger partial charge in [-0.2, -0.15) is 0 Å². The van der Waals surface area contributed by atoms with E-state index in [2.05, 4.69) is 0 Å². The summed E-state index contributed by atoms with van der Waals surface area (Å²) in [6.45, 7) is 0. The molecule has 0 aliphatic rings. The van der Waals surface area contributed by atoms with Gasteiger partial charge in [0.05, 0.1) is 22.3 Å². The second-order valence-corrected chi connectivity index (χ2v) is 6.04. The van der Waals surface area contributed by atoms with Gasteiger partial charge >= 0.3 is 35.8 Å². The number of carboxylic acids is 6. The number of aliphatic carboxylic acids is 2. The summed E-state index contributed by atoms with van der Waals surface area (Å²) in [4.78, 5) is 71.2. The maximum Gasteiger partial charge on any atom is 0.336 e. The van der Waals surface area contributed by atoms with Gasteiger partial charge in [-0.3, -0.25) is 9.59 Å². The van der Waals surface area contributed by atoms with Gasteiger partial charge in [0.15, 0.2) is 0 Å². The summed E-state index contributed by atoms with van der Waals surface area (Å²) in [6.07, 6.45) is 0. The zero-order valence-electron chi connectivity index (χ0n) is 15.1. The van der Waals surface area contributed by atoms with Crippen molar-refractivity contribution in [2.24, 2.45) is 0 Å². The van der Waals surface area contributed by atoms with Gasteiger partial charge in [-0.25, -0.2) is 19.2 Å². The topological polar surface area (TPSA) is 224 Å². The van der Waals surface area contributed by atoms with E-state index in [0.717, 1.165) is 24.3 Å². The van der Waals surface area contributed by atoms with Crippen LogP contribution in [0.5, 0.6) is 0 Å². The largest absolute Gasteiger partial charge is 0.480 e. The standard InChI is InChI=1S/C19H12O12/c20-13(21)7-3-1-5-9(11(7)15(24)25)19(17(28)29,18(30)31)10-6-2-4-8(14(22)23)12(10)16(26)27/h1-6H,(H,20,21)(H,22,23)(H,24,25)(H,26,27)(H,28,29)(H,30,31). The number of rotatable bonds is 8. The smallest absolute Gasteiger partial charge is 0.336 e. The molecule has 2 aromatic rings. The van der Waals surface area contributed by atoms with Crippen molar-refractivity contribution >= 4 is 35.8 Å². The molecule has 12 nitrogen and oxygen atoms in total. The highest BCUT2D eigenvalue weighted by atomic mass is 16.4. The molecule has 0 aromatic heterocycles. The van der Waals surface area contributed by atoms with E-state index >= 15 is 0 Å². The van der Waals surface area contributed by atoms with Crippen LogP contribution in [0.25, 0.3) is 0 Å². The molecule has 160 valence electrons. The molecule has 0 radical (unpaired) electrons. The molecule has 0 atom stereocenters. The van der Waals surface area contributed by atoms with Crippen molar-refractivity contribution in [3.8, 4) is 0 Å². The van der Waals surface area contributed by atoms with Gasteiger partial charge in [-0.05, 0) is 12.1 Å². The third-order valence-corrected chi connectivity index (χ3v) is 4.47. The van der Waals surface area contributed by atoms with Crippen LogP contribution in [0.2, 0.25) is 0 Å². The predicted molar refractivity (Wildman–Crippen MR) is 96.8 cm³/mol. The van der Waals surface area contributed by atoms with Crippen LogP contribution in [-0.4, -0.2) is 66.5 Å². The number of aromatic carboxylic acids is 4. The first-order valence-corrected chi connectivity index (χ1v) is 8.05. The summed E-state index contributed by atoms with van der Waals surface area (Å²) in [5, 5.41) is 57.4. The molecule has 2 rings (SSSR count). The Morgan fingerprint density at radius 1 is 0.516 bits per heavy atom. The molecule has 0 bridgehead atoms. The van der Waals surface area contributed by atoms with Gasteiger partial charge in [0.25, 0.3) is 0 Å². The Bertz CT molecular complexity index is 1070. The van der Waals surface area contributed by atoms with E-state index in [1.807, 2.05) is 0 Å². The van der Waals surface area contributed by atoms with Crippen molar-refractivity contribution in [3.63, 3.8) is 0 Å². The number of hydrogen-bond acceptors (Lipinski definition) is 6. The summed E-state index contributed by atoms with van der Waals surface area (Å²) in [5.74, 6) is -12.2. The van der Waals surface area contributed by atoms with E-state index in [0.29, 0.717) is 12.1 Å². The molecule has 0 saturated heterocycles. The average Bonchev–Trinajstić information content (AvgIpc) is 2.67.